The largest absolute Gasteiger partial charge is 0.395 e. The Bertz CT molecular complexity index is 723. The molecule has 1 heterocycles. The molecule has 0 saturated carbocycles. The molecule has 4 nitrogen and oxygen atoms in total. The molecule has 0 fully saturated rings. The molecular formula is C15H15NO3S2. The molecule has 0 aliphatic rings. The van der Waals surface area contributed by atoms with Crippen molar-refractivity contribution in [3.8, 4) is 11.8 Å². The molecule has 2 N–H and O–H groups in total. The van der Waals surface area contributed by atoms with Gasteiger partial charge in [-0.3, -0.25) is 0 Å². The maximum absolute atomic E-state index is 12.0. The van der Waals surface area contributed by atoms with Gasteiger partial charge in [0.15, 0.2) is 0 Å². The third kappa shape index (κ3) is 4.69. The first-order chi connectivity index (χ1) is 10.1. The summed E-state index contributed by atoms with van der Waals surface area (Å²) in [5.74, 6) is 5.76. The van der Waals surface area contributed by atoms with Gasteiger partial charge in [0.1, 0.15) is 4.21 Å². The summed E-state index contributed by atoms with van der Waals surface area (Å²) in [6, 6.07) is 10.6. The lowest BCUT2D eigenvalue weighted by molar-refractivity contribution is 0.305. The van der Waals surface area contributed by atoms with Crippen LogP contribution in [0.1, 0.15) is 17.5 Å². The summed E-state index contributed by atoms with van der Waals surface area (Å²) in [4.78, 5) is 0. The molecule has 0 atom stereocenters. The van der Waals surface area contributed by atoms with Crippen LogP contribution in [0.15, 0.2) is 46.0 Å². The van der Waals surface area contributed by atoms with E-state index < -0.39 is 10.0 Å². The highest BCUT2D eigenvalue weighted by atomic mass is 32.2. The van der Waals surface area contributed by atoms with Crippen LogP contribution in [0.2, 0.25) is 0 Å². The molecule has 2 aromatic rings. The standard InChI is InChI=1S/C15H15NO3S2/c17-10-2-1-4-13-6-8-14(9-7-13)12-16-21(18,19)15-5-3-11-20-15/h3,5-9,11,16-17H,2,10,12H2. The Hall–Kier alpha value is -1.65. The van der Waals surface area contributed by atoms with Crippen LogP contribution in [0.5, 0.6) is 0 Å². The van der Waals surface area contributed by atoms with Gasteiger partial charge in [-0.05, 0) is 29.1 Å². The Morgan fingerprint density at radius 3 is 2.57 bits per heavy atom. The molecule has 1 aromatic carbocycles. The van der Waals surface area contributed by atoms with E-state index in [1.807, 2.05) is 24.3 Å². The molecule has 2 rings (SSSR count). The van der Waals surface area contributed by atoms with Crippen LogP contribution >= 0.6 is 11.3 Å². The van der Waals surface area contributed by atoms with E-state index in [-0.39, 0.29) is 13.2 Å². The van der Waals surface area contributed by atoms with E-state index in [0.717, 1.165) is 11.1 Å². The van der Waals surface area contributed by atoms with Crippen LogP contribution in [0.4, 0.5) is 0 Å². The van der Waals surface area contributed by atoms with Crippen LogP contribution in [0, 0.1) is 11.8 Å². The van der Waals surface area contributed by atoms with Gasteiger partial charge in [0.25, 0.3) is 0 Å². The van der Waals surface area contributed by atoms with Crippen molar-refractivity contribution in [2.45, 2.75) is 17.2 Å². The zero-order valence-electron chi connectivity index (χ0n) is 11.2. The van der Waals surface area contributed by atoms with Crippen LogP contribution in [-0.4, -0.2) is 20.1 Å². The zero-order valence-corrected chi connectivity index (χ0v) is 12.9. The molecule has 0 saturated heterocycles. The van der Waals surface area contributed by atoms with Gasteiger partial charge < -0.3 is 5.11 Å². The van der Waals surface area contributed by atoms with Gasteiger partial charge >= 0.3 is 0 Å². The normalized spacial score (nSPS) is 10.9. The lowest BCUT2D eigenvalue weighted by Gasteiger charge is -2.05. The highest BCUT2D eigenvalue weighted by Crippen LogP contribution is 2.15. The Labute approximate surface area is 128 Å². The summed E-state index contributed by atoms with van der Waals surface area (Å²) in [6.07, 6.45) is 0.447. The minimum absolute atomic E-state index is 0.0512. The third-order valence-electron chi connectivity index (χ3n) is 2.65. The van der Waals surface area contributed by atoms with Crippen LogP contribution in [-0.2, 0) is 16.6 Å². The predicted octanol–water partition coefficient (Wildman–Crippen LogP) is 1.96. The van der Waals surface area contributed by atoms with Gasteiger partial charge in [-0.15, -0.1) is 11.3 Å². The van der Waals surface area contributed by atoms with Gasteiger partial charge in [-0.25, -0.2) is 13.1 Å². The third-order valence-corrected chi connectivity index (χ3v) is 5.45. The fraction of sp³-hybridized carbons (Fsp3) is 0.200. The molecule has 0 bridgehead atoms. The van der Waals surface area contributed by atoms with Gasteiger partial charge in [0, 0.05) is 18.5 Å². The molecule has 0 aliphatic carbocycles. The highest BCUT2D eigenvalue weighted by Gasteiger charge is 2.14. The number of aliphatic hydroxyl groups excluding tert-OH is 1. The average molecular weight is 321 g/mol. The Morgan fingerprint density at radius 2 is 1.95 bits per heavy atom. The fourth-order valence-electron chi connectivity index (χ4n) is 1.59. The predicted molar refractivity (Wildman–Crippen MR) is 83.4 cm³/mol. The fourth-order valence-corrected chi connectivity index (χ4v) is 3.65. The van der Waals surface area contributed by atoms with Gasteiger partial charge in [-0.2, -0.15) is 0 Å². The van der Waals surface area contributed by atoms with Crippen molar-refractivity contribution in [1.29, 1.82) is 0 Å². The van der Waals surface area contributed by atoms with E-state index in [0.29, 0.717) is 10.6 Å². The SMILES string of the molecule is O=S(=O)(NCc1ccc(C#CCCO)cc1)c1cccs1. The van der Waals surface area contributed by atoms with Gasteiger partial charge in [0.2, 0.25) is 10.0 Å². The van der Waals surface area contributed by atoms with Crippen molar-refractivity contribution in [3.63, 3.8) is 0 Å². The summed E-state index contributed by atoms with van der Waals surface area (Å²) in [5.41, 5.74) is 1.70. The number of thiophene rings is 1. The van der Waals surface area contributed by atoms with E-state index >= 15 is 0 Å². The lowest BCUT2D eigenvalue weighted by Crippen LogP contribution is -2.22. The number of nitrogens with one attached hydrogen (secondary N) is 1. The highest BCUT2D eigenvalue weighted by molar-refractivity contribution is 7.91. The number of aliphatic hydroxyl groups is 1. The molecule has 0 spiro atoms. The van der Waals surface area contributed by atoms with Crippen molar-refractivity contribution >= 4 is 21.4 Å². The van der Waals surface area contributed by atoms with Gasteiger partial charge in [0.05, 0.1) is 6.61 Å². The smallest absolute Gasteiger partial charge is 0.250 e. The molecule has 0 aliphatic heterocycles. The van der Waals surface area contributed by atoms with Crippen molar-refractivity contribution in [3.05, 3.63) is 52.9 Å². The van der Waals surface area contributed by atoms with Crippen molar-refractivity contribution in [1.82, 2.24) is 4.72 Å². The summed E-state index contributed by atoms with van der Waals surface area (Å²) in [7, 11) is -3.43. The average Bonchev–Trinajstić information content (AvgIpc) is 3.02. The summed E-state index contributed by atoms with van der Waals surface area (Å²) >= 11 is 1.19. The summed E-state index contributed by atoms with van der Waals surface area (Å²) in [5, 5.41) is 10.4. The number of benzene rings is 1. The molecule has 6 heteroatoms. The maximum Gasteiger partial charge on any atom is 0.250 e. The van der Waals surface area contributed by atoms with Crippen molar-refractivity contribution in [2.24, 2.45) is 0 Å². The lowest BCUT2D eigenvalue weighted by atomic mass is 10.1. The number of rotatable bonds is 5. The Kier molecular flexibility index (Phi) is 5.53. The van der Waals surface area contributed by atoms with E-state index in [2.05, 4.69) is 16.6 Å². The first kappa shape index (κ1) is 15.7. The van der Waals surface area contributed by atoms with E-state index in [1.54, 1.807) is 17.5 Å². The number of hydrogen-bond acceptors (Lipinski definition) is 4. The molecule has 0 amide bonds. The first-order valence-corrected chi connectivity index (χ1v) is 8.70. The molecule has 1 aromatic heterocycles. The zero-order chi connectivity index (χ0) is 15.1. The minimum atomic E-state index is -3.43. The van der Waals surface area contributed by atoms with Crippen LogP contribution in [0.3, 0.4) is 0 Å². The van der Waals surface area contributed by atoms with Crippen molar-refractivity contribution in [2.75, 3.05) is 6.61 Å². The maximum atomic E-state index is 12.0. The van der Waals surface area contributed by atoms with Crippen LogP contribution in [0.25, 0.3) is 0 Å². The summed E-state index contributed by atoms with van der Waals surface area (Å²) in [6.45, 7) is 0.292. The Morgan fingerprint density at radius 1 is 1.19 bits per heavy atom. The van der Waals surface area contributed by atoms with E-state index in [4.69, 9.17) is 5.11 Å². The monoisotopic (exact) mass is 321 g/mol. The summed E-state index contributed by atoms with van der Waals surface area (Å²) < 4.78 is 26.8. The second-order valence-corrected chi connectivity index (χ2v) is 7.17. The second-order valence-electron chi connectivity index (χ2n) is 4.23. The number of sulfonamides is 1. The molecule has 0 unspecified atom stereocenters. The molecular weight excluding hydrogens is 306 g/mol. The Balaban J connectivity index is 1.97. The first-order valence-electron chi connectivity index (χ1n) is 6.34. The molecule has 0 radical (unpaired) electrons. The molecule has 110 valence electrons. The topological polar surface area (TPSA) is 66.4 Å². The van der Waals surface area contributed by atoms with Crippen molar-refractivity contribution < 1.29 is 13.5 Å². The van der Waals surface area contributed by atoms with Gasteiger partial charge in [-0.1, -0.05) is 30.0 Å². The van der Waals surface area contributed by atoms with Crippen LogP contribution < -0.4 is 4.72 Å². The minimum Gasteiger partial charge on any atom is -0.395 e. The van der Waals surface area contributed by atoms with E-state index in [9.17, 15) is 8.42 Å². The quantitative estimate of drug-likeness (QED) is 0.827. The molecule has 21 heavy (non-hydrogen) atoms. The number of hydrogen-bond donors (Lipinski definition) is 2. The van der Waals surface area contributed by atoms with E-state index in [1.165, 1.54) is 11.3 Å². The second kappa shape index (κ2) is 7.38.